The Labute approximate surface area is 154 Å². The van der Waals surface area contributed by atoms with Crippen molar-refractivity contribution in [3.05, 3.63) is 45.8 Å². The third-order valence-electron chi connectivity index (χ3n) is 3.58. The number of carbonyl (C=O) groups is 3. The quantitative estimate of drug-likeness (QED) is 0.750. The second kappa shape index (κ2) is 8.48. The number of aryl methyl sites for hydroxylation is 1. The summed E-state index contributed by atoms with van der Waals surface area (Å²) in [6.07, 6.45) is 0. The average molecular weight is 377 g/mol. The van der Waals surface area contributed by atoms with Crippen molar-refractivity contribution >= 4 is 34.2 Å². The Bertz CT molecular complexity index is 842. The number of rotatable bonds is 6. The summed E-state index contributed by atoms with van der Waals surface area (Å²) >= 11 is 1.24. The molecule has 0 saturated heterocycles. The molecule has 0 aliphatic heterocycles. The van der Waals surface area contributed by atoms with Crippen LogP contribution in [0.1, 0.15) is 38.1 Å². The topological polar surface area (TPSA) is 102 Å². The molecule has 8 heteroatoms. The second-order valence-electron chi connectivity index (χ2n) is 5.35. The zero-order chi connectivity index (χ0) is 19.3. The maximum atomic E-state index is 12.1. The Morgan fingerprint density at radius 2 is 1.81 bits per heavy atom. The summed E-state index contributed by atoms with van der Waals surface area (Å²) < 4.78 is 9.92. The maximum Gasteiger partial charge on any atom is 0.342 e. The number of ether oxygens (including phenoxy) is 2. The van der Waals surface area contributed by atoms with Crippen molar-refractivity contribution in [2.45, 2.75) is 20.8 Å². The number of aromatic hydroxyl groups is 1. The van der Waals surface area contributed by atoms with E-state index in [9.17, 15) is 19.5 Å². The van der Waals surface area contributed by atoms with Crippen LogP contribution < -0.4 is 5.32 Å². The van der Waals surface area contributed by atoms with Gasteiger partial charge in [0, 0.05) is 4.88 Å². The summed E-state index contributed by atoms with van der Waals surface area (Å²) in [5, 5.41) is 12.5. The summed E-state index contributed by atoms with van der Waals surface area (Å²) in [5.41, 5.74) is 1.00. The van der Waals surface area contributed by atoms with Gasteiger partial charge < -0.3 is 19.9 Å². The largest absolute Gasteiger partial charge is 0.507 e. The van der Waals surface area contributed by atoms with Crippen molar-refractivity contribution < 1.29 is 29.0 Å². The van der Waals surface area contributed by atoms with Gasteiger partial charge in [0.25, 0.3) is 5.91 Å². The van der Waals surface area contributed by atoms with Gasteiger partial charge >= 0.3 is 11.9 Å². The fourth-order valence-corrected chi connectivity index (χ4v) is 3.25. The number of benzene rings is 1. The van der Waals surface area contributed by atoms with Crippen molar-refractivity contribution in [3.8, 4) is 5.75 Å². The molecule has 0 aliphatic rings. The van der Waals surface area contributed by atoms with E-state index in [2.05, 4.69) is 5.32 Å². The van der Waals surface area contributed by atoms with Gasteiger partial charge in [-0.1, -0.05) is 12.1 Å². The van der Waals surface area contributed by atoms with Gasteiger partial charge in [0.05, 0.1) is 12.2 Å². The number of phenols is 1. The molecule has 0 unspecified atom stereocenters. The van der Waals surface area contributed by atoms with Gasteiger partial charge in [-0.25, -0.2) is 9.59 Å². The van der Waals surface area contributed by atoms with Crippen LogP contribution in [0.25, 0.3) is 0 Å². The van der Waals surface area contributed by atoms with E-state index in [-0.39, 0.29) is 17.9 Å². The first-order valence-corrected chi connectivity index (χ1v) is 8.68. The van der Waals surface area contributed by atoms with Gasteiger partial charge in [-0.3, -0.25) is 4.79 Å². The minimum Gasteiger partial charge on any atom is -0.507 e. The highest BCUT2D eigenvalue weighted by Crippen LogP contribution is 2.33. The van der Waals surface area contributed by atoms with E-state index in [0.717, 1.165) is 10.4 Å². The van der Waals surface area contributed by atoms with Crippen LogP contribution in [0.4, 0.5) is 5.00 Å². The van der Waals surface area contributed by atoms with E-state index >= 15 is 0 Å². The Morgan fingerprint density at radius 1 is 1.12 bits per heavy atom. The first-order valence-electron chi connectivity index (χ1n) is 7.87. The Kier molecular flexibility index (Phi) is 6.35. The zero-order valence-corrected chi connectivity index (χ0v) is 15.4. The second-order valence-corrected chi connectivity index (χ2v) is 6.57. The number of hydrogen-bond donors (Lipinski definition) is 2. The molecule has 1 aromatic carbocycles. The number of nitrogens with one attached hydrogen (secondary N) is 1. The first kappa shape index (κ1) is 19.5. The number of esters is 2. The van der Waals surface area contributed by atoms with Crippen molar-refractivity contribution in [2.24, 2.45) is 0 Å². The van der Waals surface area contributed by atoms with Crippen molar-refractivity contribution in [1.82, 2.24) is 0 Å². The molecule has 0 saturated carbocycles. The number of phenolic OH excluding ortho intramolecular Hbond substituents is 1. The molecule has 0 radical (unpaired) electrons. The summed E-state index contributed by atoms with van der Waals surface area (Å²) in [6.45, 7) is 4.97. The lowest BCUT2D eigenvalue weighted by atomic mass is 10.1. The van der Waals surface area contributed by atoms with Crippen LogP contribution in [0.5, 0.6) is 5.75 Å². The lowest BCUT2D eigenvalue weighted by Gasteiger charge is -2.08. The smallest absolute Gasteiger partial charge is 0.342 e. The number of carbonyl (C=O) groups excluding carboxylic acids is 3. The number of anilines is 1. The van der Waals surface area contributed by atoms with E-state index in [1.165, 1.54) is 23.5 Å². The molecule has 1 aromatic heterocycles. The summed E-state index contributed by atoms with van der Waals surface area (Å²) in [5.74, 6) is -2.16. The molecule has 0 bridgehead atoms. The molecule has 7 nitrogen and oxygen atoms in total. The number of thiophene rings is 1. The van der Waals surface area contributed by atoms with Gasteiger partial charge in [0.1, 0.15) is 16.3 Å². The lowest BCUT2D eigenvalue weighted by Crippen LogP contribution is -2.21. The van der Waals surface area contributed by atoms with Crippen LogP contribution in [0.15, 0.2) is 24.3 Å². The van der Waals surface area contributed by atoms with Crippen molar-refractivity contribution in [2.75, 3.05) is 18.5 Å². The van der Waals surface area contributed by atoms with Crippen LogP contribution in [-0.2, 0) is 14.3 Å². The number of para-hydroxylation sites is 1. The molecule has 2 aromatic rings. The maximum absolute atomic E-state index is 12.1. The monoisotopic (exact) mass is 377 g/mol. The molecular weight excluding hydrogens is 358 g/mol. The molecule has 2 N–H and O–H groups in total. The summed E-state index contributed by atoms with van der Waals surface area (Å²) in [6, 6.07) is 5.87. The molecular formula is C18H19NO6S. The van der Waals surface area contributed by atoms with E-state index in [4.69, 9.17) is 9.47 Å². The standard InChI is InChI=1S/C18H19NO6S/c1-4-24-18(23)15-10(2)11(3)26-16(15)19-14(21)9-25-17(22)12-7-5-6-8-13(12)20/h5-8,20H,4,9H2,1-3H3,(H,19,21). The minimum atomic E-state index is -0.817. The molecule has 1 heterocycles. The highest BCUT2D eigenvalue weighted by molar-refractivity contribution is 7.16. The third kappa shape index (κ3) is 4.40. The van der Waals surface area contributed by atoms with Crippen molar-refractivity contribution in [3.63, 3.8) is 0 Å². The highest BCUT2D eigenvalue weighted by atomic mass is 32.1. The van der Waals surface area contributed by atoms with Crippen LogP contribution in [0.2, 0.25) is 0 Å². The van der Waals surface area contributed by atoms with Crippen LogP contribution in [-0.4, -0.2) is 36.2 Å². The average Bonchev–Trinajstić information content (AvgIpc) is 2.87. The van der Waals surface area contributed by atoms with Gasteiger partial charge in [0.2, 0.25) is 0 Å². The molecule has 2 rings (SSSR count). The van der Waals surface area contributed by atoms with E-state index in [0.29, 0.717) is 10.6 Å². The lowest BCUT2D eigenvalue weighted by molar-refractivity contribution is -0.119. The molecule has 0 spiro atoms. The van der Waals surface area contributed by atoms with Crippen LogP contribution in [0, 0.1) is 13.8 Å². The summed E-state index contributed by atoms with van der Waals surface area (Å²) in [7, 11) is 0. The number of amides is 1. The minimum absolute atomic E-state index is 0.0321. The van der Waals surface area contributed by atoms with E-state index in [1.54, 1.807) is 26.0 Å². The number of hydrogen-bond acceptors (Lipinski definition) is 7. The van der Waals surface area contributed by atoms with Crippen LogP contribution in [0.3, 0.4) is 0 Å². The zero-order valence-electron chi connectivity index (χ0n) is 14.6. The van der Waals surface area contributed by atoms with Gasteiger partial charge in [-0.15, -0.1) is 11.3 Å². The van der Waals surface area contributed by atoms with Gasteiger partial charge in [-0.05, 0) is 38.5 Å². The normalized spacial score (nSPS) is 10.3. The predicted molar refractivity (Wildman–Crippen MR) is 96.8 cm³/mol. The molecule has 1 amide bonds. The first-order chi connectivity index (χ1) is 12.3. The Balaban J connectivity index is 2.04. The predicted octanol–water partition coefficient (Wildman–Crippen LogP) is 3.04. The van der Waals surface area contributed by atoms with E-state index < -0.39 is 24.5 Å². The fraction of sp³-hybridized carbons (Fsp3) is 0.278. The molecule has 138 valence electrons. The fourth-order valence-electron chi connectivity index (χ4n) is 2.18. The molecule has 0 fully saturated rings. The third-order valence-corrected chi connectivity index (χ3v) is 4.70. The molecule has 0 aliphatic carbocycles. The van der Waals surface area contributed by atoms with Gasteiger partial charge in [0.15, 0.2) is 6.61 Å². The summed E-state index contributed by atoms with van der Waals surface area (Å²) in [4.78, 5) is 37.0. The van der Waals surface area contributed by atoms with Gasteiger partial charge in [-0.2, -0.15) is 0 Å². The highest BCUT2D eigenvalue weighted by Gasteiger charge is 2.22. The van der Waals surface area contributed by atoms with E-state index in [1.807, 2.05) is 6.92 Å². The van der Waals surface area contributed by atoms with Crippen LogP contribution >= 0.6 is 11.3 Å². The Hall–Kier alpha value is -2.87. The molecule has 0 atom stereocenters. The molecule has 26 heavy (non-hydrogen) atoms. The SMILES string of the molecule is CCOC(=O)c1c(NC(=O)COC(=O)c2ccccc2O)sc(C)c1C. The Morgan fingerprint density at radius 3 is 2.46 bits per heavy atom. The van der Waals surface area contributed by atoms with Crippen molar-refractivity contribution in [1.29, 1.82) is 0 Å².